The lowest BCUT2D eigenvalue weighted by Crippen LogP contribution is -2.12. The topological polar surface area (TPSA) is 67.7 Å². The summed E-state index contributed by atoms with van der Waals surface area (Å²) in [5, 5.41) is 12.1. The minimum Gasteiger partial charge on any atom is -0.384 e. The van der Waals surface area contributed by atoms with Crippen molar-refractivity contribution in [3.8, 4) is 0 Å². The van der Waals surface area contributed by atoms with Gasteiger partial charge in [-0.25, -0.2) is 0 Å². The van der Waals surface area contributed by atoms with Gasteiger partial charge in [0, 0.05) is 11.3 Å². The van der Waals surface area contributed by atoms with Crippen molar-refractivity contribution >= 4 is 5.84 Å². The molecule has 0 amide bonds. The molecule has 2 aromatic rings. The molecule has 0 aliphatic carbocycles. The van der Waals surface area contributed by atoms with Crippen LogP contribution < -0.4 is 5.73 Å². The molecule has 100 valence electrons. The summed E-state index contributed by atoms with van der Waals surface area (Å²) in [4.78, 5) is 0. The van der Waals surface area contributed by atoms with Gasteiger partial charge >= 0.3 is 0 Å². The number of nitrogen functional groups attached to an aromatic ring is 1. The Bertz CT molecular complexity index is 584. The fourth-order valence-electron chi connectivity index (χ4n) is 2.12. The van der Waals surface area contributed by atoms with E-state index in [0.29, 0.717) is 0 Å². The lowest BCUT2D eigenvalue weighted by Gasteiger charge is -2.07. The first-order valence-electron chi connectivity index (χ1n) is 6.63. The smallest absolute Gasteiger partial charge is 0.122 e. The maximum atomic E-state index is 7.48. The second-order valence-corrected chi connectivity index (χ2v) is 4.61. The molecular formula is C15H20N4. The van der Waals surface area contributed by atoms with Crippen LogP contribution in [0.2, 0.25) is 0 Å². The molecule has 0 spiro atoms. The molecule has 1 heterocycles. The molecule has 0 unspecified atom stereocenters. The monoisotopic (exact) mass is 256 g/mol. The van der Waals surface area contributed by atoms with Crippen LogP contribution in [0.25, 0.3) is 0 Å². The van der Waals surface area contributed by atoms with E-state index in [1.54, 1.807) is 0 Å². The van der Waals surface area contributed by atoms with E-state index in [-0.39, 0.29) is 5.84 Å². The molecule has 19 heavy (non-hydrogen) atoms. The molecule has 0 fully saturated rings. The molecule has 4 nitrogen and oxygen atoms in total. The van der Waals surface area contributed by atoms with Crippen molar-refractivity contribution in [2.45, 2.75) is 33.2 Å². The molecule has 0 atom stereocenters. The third-order valence-electron chi connectivity index (χ3n) is 3.21. The van der Waals surface area contributed by atoms with Gasteiger partial charge in [-0.2, -0.15) is 5.10 Å². The van der Waals surface area contributed by atoms with Gasteiger partial charge in [0.1, 0.15) is 5.84 Å². The third-order valence-corrected chi connectivity index (χ3v) is 3.21. The first-order valence-corrected chi connectivity index (χ1v) is 6.63. The molecule has 3 N–H and O–H groups in total. The Morgan fingerprint density at radius 3 is 2.68 bits per heavy atom. The standard InChI is InChI=1S/C15H20N4/c1-3-13-9-14(4-2)19(18-13)10-11-6-5-7-12(8-11)15(16)17/h5-9H,3-4,10H2,1-2H3,(H3,16,17). The molecule has 4 heteroatoms. The normalized spacial score (nSPS) is 10.6. The predicted molar refractivity (Wildman–Crippen MR) is 77.5 cm³/mol. The quantitative estimate of drug-likeness (QED) is 0.637. The van der Waals surface area contributed by atoms with Crippen LogP contribution in [-0.4, -0.2) is 15.6 Å². The van der Waals surface area contributed by atoms with E-state index >= 15 is 0 Å². The van der Waals surface area contributed by atoms with E-state index in [4.69, 9.17) is 11.1 Å². The highest BCUT2D eigenvalue weighted by atomic mass is 15.3. The largest absolute Gasteiger partial charge is 0.384 e. The maximum absolute atomic E-state index is 7.48. The van der Waals surface area contributed by atoms with Crippen molar-refractivity contribution in [2.75, 3.05) is 0 Å². The van der Waals surface area contributed by atoms with Gasteiger partial charge < -0.3 is 5.73 Å². The average molecular weight is 256 g/mol. The first kappa shape index (κ1) is 13.3. The highest BCUT2D eigenvalue weighted by Gasteiger charge is 2.06. The number of benzene rings is 1. The number of nitrogens with two attached hydrogens (primary N) is 1. The van der Waals surface area contributed by atoms with E-state index in [1.807, 2.05) is 28.9 Å². The third kappa shape index (κ3) is 3.02. The zero-order valence-electron chi connectivity index (χ0n) is 11.5. The summed E-state index contributed by atoms with van der Waals surface area (Å²) in [6.07, 6.45) is 1.92. The number of aromatic nitrogens is 2. The molecule has 0 bridgehead atoms. The number of aryl methyl sites for hydroxylation is 2. The number of nitrogens with zero attached hydrogens (tertiary/aromatic N) is 2. The zero-order chi connectivity index (χ0) is 13.8. The van der Waals surface area contributed by atoms with E-state index in [2.05, 4.69) is 25.0 Å². The Morgan fingerprint density at radius 2 is 2.05 bits per heavy atom. The summed E-state index contributed by atoms with van der Waals surface area (Å²) in [5.41, 5.74) is 9.77. The summed E-state index contributed by atoms with van der Waals surface area (Å²) in [6, 6.07) is 9.94. The second-order valence-electron chi connectivity index (χ2n) is 4.61. The van der Waals surface area contributed by atoms with Crippen LogP contribution in [0.1, 0.15) is 36.4 Å². The van der Waals surface area contributed by atoms with Gasteiger partial charge in [0.25, 0.3) is 0 Å². The minimum atomic E-state index is 0.104. The lowest BCUT2D eigenvalue weighted by molar-refractivity contribution is 0.640. The highest BCUT2D eigenvalue weighted by molar-refractivity contribution is 5.95. The summed E-state index contributed by atoms with van der Waals surface area (Å²) >= 11 is 0. The van der Waals surface area contributed by atoms with Crippen molar-refractivity contribution in [3.05, 3.63) is 52.8 Å². The minimum absolute atomic E-state index is 0.104. The van der Waals surface area contributed by atoms with Crippen molar-refractivity contribution in [1.29, 1.82) is 5.41 Å². The molecule has 2 rings (SSSR count). The summed E-state index contributed by atoms with van der Waals surface area (Å²) in [6.45, 7) is 4.98. The van der Waals surface area contributed by atoms with E-state index in [1.165, 1.54) is 5.69 Å². The van der Waals surface area contributed by atoms with Gasteiger partial charge in [0.05, 0.1) is 12.2 Å². The number of nitrogens with one attached hydrogen (secondary N) is 1. The van der Waals surface area contributed by atoms with Crippen molar-refractivity contribution in [3.63, 3.8) is 0 Å². The molecule has 0 aliphatic rings. The Morgan fingerprint density at radius 1 is 1.26 bits per heavy atom. The maximum Gasteiger partial charge on any atom is 0.122 e. The lowest BCUT2D eigenvalue weighted by atomic mass is 10.1. The fourth-order valence-corrected chi connectivity index (χ4v) is 2.12. The molecule has 0 radical (unpaired) electrons. The van der Waals surface area contributed by atoms with Gasteiger partial charge in [0.2, 0.25) is 0 Å². The van der Waals surface area contributed by atoms with Gasteiger partial charge in [0.15, 0.2) is 0 Å². The molecule has 1 aromatic heterocycles. The van der Waals surface area contributed by atoms with Crippen LogP contribution in [0.5, 0.6) is 0 Å². The second kappa shape index (κ2) is 5.69. The van der Waals surface area contributed by atoms with E-state index < -0.39 is 0 Å². The number of hydrogen-bond donors (Lipinski definition) is 2. The number of hydrogen-bond acceptors (Lipinski definition) is 2. The average Bonchev–Trinajstić information content (AvgIpc) is 2.81. The van der Waals surface area contributed by atoms with Crippen LogP contribution in [0.4, 0.5) is 0 Å². The van der Waals surface area contributed by atoms with Crippen molar-refractivity contribution < 1.29 is 0 Å². The van der Waals surface area contributed by atoms with Crippen molar-refractivity contribution in [1.82, 2.24) is 9.78 Å². The Kier molecular flexibility index (Phi) is 4.00. The van der Waals surface area contributed by atoms with Gasteiger partial charge in [-0.15, -0.1) is 0 Å². The summed E-state index contributed by atoms with van der Waals surface area (Å²) in [5.74, 6) is 0.104. The Hall–Kier alpha value is -2.10. The summed E-state index contributed by atoms with van der Waals surface area (Å²) < 4.78 is 2.04. The van der Waals surface area contributed by atoms with Gasteiger partial charge in [-0.3, -0.25) is 10.1 Å². The van der Waals surface area contributed by atoms with Gasteiger partial charge in [-0.1, -0.05) is 32.0 Å². The number of amidine groups is 1. The van der Waals surface area contributed by atoms with Crippen LogP contribution in [0.15, 0.2) is 30.3 Å². The van der Waals surface area contributed by atoms with Crippen LogP contribution in [0, 0.1) is 5.41 Å². The van der Waals surface area contributed by atoms with Crippen LogP contribution in [0.3, 0.4) is 0 Å². The zero-order valence-corrected chi connectivity index (χ0v) is 11.5. The van der Waals surface area contributed by atoms with Crippen molar-refractivity contribution in [2.24, 2.45) is 5.73 Å². The summed E-state index contributed by atoms with van der Waals surface area (Å²) in [7, 11) is 0. The molecular weight excluding hydrogens is 236 g/mol. The molecule has 1 aromatic carbocycles. The van der Waals surface area contributed by atoms with Crippen LogP contribution in [-0.2, 0) is 19.4 Å². The van der Waals surface area contributed by atoms with E-state index in [9.17, 15) is 0 Å². The first-order chi connectivity index (χ1) is 9.13. The Labute approximate surface area is 113 Å². The predicted octanol–water partition coefficient (Wildman–Crippen LogP) is 2.34. The highest BCUT2D eigenvalue weighted by Crippen LogP contribution is 2.11. The molecule has 0 saturated heterocycles. The SMILES string of the molecule is CCc1cc(CC)n(Cc2cccc(C(=N)N)c2)n1. The Balaban J connectivity index is 2.27. The number of rotatable bonds is 5. The van der Waals surface area contributed by atoms with E-state index in [0.717, 1.165) is 36.2 Å². The fraction of sp³-hybridized carbons (Fsp3) is 0.333. The van der Waals surface area contributed by atoms with Gasteiger partial charge in [-0.05, 0) is 30.5 Å². The molecule has 0 aliphatic heterocycles. The van der Waals surface area contributed by atoms with Crippen LogP contribution >= 0.6 is 0 Å². The molecule has 0 saturated carbocycles.